The largest absolute Gasteiger partial charge is 0.340 e. The molecule has 1 amide bonds. The third-order valence-corrected chi connectivity index (χ3v) is 6.40. The SMILES string of the molecule is Cc1cccc(Cn2cc(NC(=O)c3ccc4c(c3)c(C)c(C)n4Cc3ccccc3)cn2)c1. The van der Waals surface area contributed by atoms with Gasteiger partial charge in [0.25, 0.3) is 5.91 Å². The monoisotopic (exact) mass is 448 g/mol. The number of benzene rings is 3. The second kappa shape index (κ2) is 9.02. The maximum absolute atomic E-state index is 13.0. The summed E-state index contributed by atoms with van der Waals surface area (Å²) in [4.78, 5) is 13.0. The molecule has 0 aliphatic heterocycles. The molecule has 5 rings (SSSR count). The lowest BCUT2D eigenvalue weighted by atomic mass is 10.1. The Morgan fingerprint density at radius 1 is 0.882 bits per heavy atom. The standard InChI is InChI=1S/C29H28N4O/c1-20-8-7-11-24(14-20)17-32-19-26(16-30-32)31-29(34)25-12-13-28-27(15-25)21(2)22(3)33(28)18-23-9-5-4-6-10-23/h4-16,19H,17-18H2,1-3H3,(H,31,34). The smallest absolute Gasteiger partial charge is 0.255 e. The molecule has 34 heavy (non-hydrogen) atoms. The van der Waals surface area contributed by atoms with Crippen molar-refractivity contribution in [2.45, 2.75) is 33.9 Å². The molecular formula is C29H28N4O. The molecule has 0 saturated carbocycles. The van der Waals surface area contributed by atoms with Crippen LogP contribution in [0, 0.1) is 20.8 Å². The van der Waals surface area contributed by atoms with E-state index in [1.807, 2.05) is 41.2 Å². The molecule has 0 aliphatic rings. The van der Waals surface area contributed by atoms with E-state index in [-0.39, 0.29) is 5.91 Å². The Balaban J connectivity index is 1.35. The van der Waals surface area contributed by atoms with Crippen molar-refractivity contribution in [3.63, 3.8) is 0 Å². The molecule has 2 aromatic heterocycles. The number of aromatic nitrogens is 3. The molecule has 2 heterocycles. The van der Waals surface area contributed by atoms with E-state index in [0.29, 0.717) is 17.8 Å². The van der Waals surface area contributed by atoms with Crippen LogP contribution in [0.5, 0.6) is 0 Å². The molecule has 0 radical (unpaired) electrons. The minimum Gasteiger partial charge on any atom is -0.340 e. The molecule has 0 bridgehead atoms. The average Bonchev–Trinajstić information content (AvgIpc) is 3.37. The molecule has 0 aliphatic carbocycles. The van der Waals surface area contributed by atoms with Crippen LogP contribution in [0.2, 0.25) is 0 Å². The zero-order valence-corrected chi connectivity index (χ0v) is 19.7. The fourth-order valence-corrected chi connectivity index (χ4v) is 4.48. The summed E-state index contributed by atoms with van der Waals surface area (Å²) in [6.07, 6.45) is 3.56. The topological polar surface area (TPSA) is 51.9 Å². The van der Waals surface area contributed by atoms with Crippen molar-refractivity contribution < 1.29 is 4.79 Å². The lowest BCUT2D eigenvalue weighted by molar-refractivity contribution is 0.102. The Morgan fingerprint density at radius 2 is 1.68 bits per heavy atom. The zero-order valence-electron chi connectivity index (χ0n) is 19.7. The summed E-state index contributed by atoms with van der Waals surface area (Å²) >= 11 is 0. The summed E-state index contributed by atoms with van der Waals surface area (Å²) in [6, 6.07) is 24.7. The van der Waals surface area contributed by atoms with E-state index >= 15 is 0 Å². The minimum atomic E-state index is -0.134. The highest BCUT2D eigenvalue weighted by molar-refractivity contribution is 6.06. The highest BCUT2D eigenvalue weighted by atomic mass is 16.1. The molecule has 0 unspecified atom stereocenters. The van der Waals surface area contributed by atoms with Gasteiger partial charge in [-0.05, 0) is 55.7 Å². The van der Waals surface area contributed by atoms with Crippen molar-refractivity contribution in [3.05, 3.63) is 119 Å². The Hall–Kier alpha value is -4.12. The number of rotatable bonds is 6. The number of fused-ring (bicyclic) bond motifs is 1. The van der Waals surface area contributed by atoms with Gasteiger partial charge in [0.15, 0.2) is 0 Å². The predicted octanol–water partition coefficient (Wildman–Crippen LogP) is 6.11. The normalized spacial score (nSPS) is 11.1. The lowest BCUT2D eigenvalue weighted by Gasteiger charge is -2.09. The van der Waals surface area contributed by atoms with Crippen LogP contribution < -0.4 is 5.32 Å². The second-order valence-corrected chi connectivity index (χ2v) is 8.88. The first-order valence-electron chi connectivity index (χ1n) is 11.5. The average molecular weight is 449 g/mol. The summed E-state index contributed by atoms with van der Waals surface area (Å²) in [6.45, 7) is 7.81. The number of amides is 1. The van der Waals surface area contributed by atoms with Gasteiger partial charge in [-0.3, -0.25) is 9.48 Å². The van der Waals surface area contributed by atoms with Crippen molar-refractivity contribution in [1.82, 2.24) is 14.3 Å². The van der Waals surface area contributed by atoms with Gasteiger partial charge in [0, 0.05) is 34.9 Å². The first kappa shape index (κ1) is 21.7. The number of anilines is 1. The first-order valence-corrected chi connectivity index (χ1v) is 11.5. The Morgan fingerprint density at radius 3 is 2.47 bits per heavy atom. The van der Waals surface area contributed by atoms with Gasteiger partial charge in [-0.25, -0.2) is 0 Å². The van der Waals surface area contributed by atoms with Crippen LogP contribution in [0.25, 0.3) is 10.9 Å². The van der Waals surface area contributed by atoms with Crippen molar-refractivity contribution in [1.29, 1.82) is 0 Å². The second-order valence-electron chi connectivity index (χ2n) is 8.88. The number of hydrogen-bond acceptors (Lipinski definition) is 2. The number of hydrogen-bond donors (Lipinski definition) is 1. The van der Waals surface area contributed by atoms with Crippen molar-refractivity contribution in [2.24, 2.45) is 0 Å². The van der Waals surface area contributed by atoms with Crippen molar-refractivity contribution in [3.8, 4) is 0 Å². The van der Waals surface area contributed by atoms with Crippen LogP contribution in [0.4, 0.5) is 5.69 Å². The summed E-state index contributed by atoms with van der Waals surface area (Å²) in [5.41, 5.74) is 8.54. The van der Waals surface area contributed by atoms with E-state index in [4.69, 9.17) is 0 Å². The van der Waals surface area contributed by atoms with Crippen LogP contribution >= 0.6 is 0 Å². The quantitative estimate of drug-likeness (QED) is 0.341. The number of carbonyl (C=O) groups is 1. The number of nitrogens with zero attached hydrogens (tertiary/aromatic N) is 3. The third kappa shape index (κ3) is 4.37. The molecule has 5 aromatic rings. The first-order chi connectivity index (χ1) is 16.5. The highest BCUT2D eigenvalue weighted by Gasteiger charge is 2.15. The molecule has 5 nitrogen and oxygen atoms in total. The molecule has 0 saturated heterocycles. The molecule has 0 atom stereocenters. The van der Waals surface area contributed by atoms with Crippen LogP contribution in [0.15, 0.2) is 85.2 Å². The van der Waals surface area contributed by atoms with Crippen LogP contribution in [-0.4, -0.2) is 20.3 Å². The Bertz CT molecular complexity index is 1480. The van der Waals surface area contributed by atoms with E-state index in [2.05, 4.69) is 78.2 Å². The number of carbonyl (C=O) groups excluding carboxylic acids is 1. The minimum absolute atomic E-state index is 0.134. The van der Waals surface area contributed by atoms with Gasteiger partial charge in [0.2, 0.25) is 0 Å². The maximum Gasteiger partial charge on any atom is 0.255 e. The third-order valence-electron chi connectivity index (χ3n) is 6.40. The summed E-state index contributed by atoms with van der Waals surface area (Å²) in [5.74, 6) is -0.134. The highest BCUT2D eigenvalue weighted by Crippen LogP contribution is 2.27. The van der Waals surface area contributed by atoms with Crippen molar-refractivity contribution >= 4 is 22.5 Å². The Labute approximate surface area is 199 Å². The fraction of sp³-hybridized carbons (Fsp3) is 0.172. The summed E-state index contributed by atoms with van der Waals surface area (Å²) in [5, 5.41) is 8.51. The lowest BCUT2D eigenvalue weighted by Crippen LogP contribution is -2.11. The molecule has 0 spiro atoms. The van der Waals surface area contributed by atoms with E-state index < -0.39 is 0 Å². The van der Waals surface area contributed by atoms with Gasteiger partial charge >= 0.3 is 0 Å². The van der Waals surface area contributed by atoms with Crippen LogP contribution in [0.3, 0.4) is 0 Å². The maximum atomic E-state index is 13.0. The number of aryl methyl sites for hydroxylation is 2. The molecule has 170 valence electrons. The Kier molecular flexibility index (Phi) is 5.76. The molecule has 5 heteroatoms. The van der Waals surface area contributed by atoms with E-state index in [0.717, 1.165) is 17.4 Å². The van der Waals surface area contributed by atoms with Crippen molar-refractivity contribution in [2.75, 3.05) is 5.32 Å². The zero-order chi connectivity index (χ0) is 23.7. The number of nitrogens with one attached hydrogen (secondary N) is 1. The van der Waals surface area contributed by atoms with Gasteiger partial charge in [0.05, 0.1) is 18.4 Å². The van der Waals surface area contributed by atoms with Gasteiger partial charge in [0.1, 0.15) is 0 Å². The van der Waals surface area contributed by atoms with E-state index in [1.54, 1.807) is 6.20 Å². The van der Waals surface area contributed by atoms with Gasteiger partial charge in [-0.2, -0.15) is 5.10 Å². The summed E-state index contributed by atoms with van der Waals surface area (Å²) in [7, 11) is 0. The van der Waals surface area contributed by atoms with Gasteiger partial charge < -0.3 is 9.88 Å². The molecule has 3 aromatic carbocycles. The fourth-order valence-electron chi connectivity index (χ4n) is 4.48. The van der Waals surface area contributed by atoms with E-state index in [1.165, 1.54) is 27.9 Å². The van der Waals surface area contributed by atoms with Crippen LogP contribution in [0.1, 0.15) is 38.3 Å². The summed E-state index contributed by atoms with van der Waals surface area (Å²) < 4.78 is 4.15. The predicted molar refractivity (Wildman–Crippen MR) is 137 cm³/mol. The molecular weight excluding hydrogens is 420 g/mol. The molecule has 1 N–H and O–H groups in total. The van der Waals surface area contributed by atoms with Gasteiger partial charge in [-0.1, -0.05) is 60.2 Å². The molecule has 0 fully saturated rings. The van der Waals surface area contributed by atoms with Gasteiger partial charge in [-0.15, -0.1) is 0 Å². The van der Waals surface area contributed by atoms with E-state index in [9.17, 15) is 4.79 Å². The van der Waals surface area contributed by atoms with Crippen LogP contribution in [-0.2, 0) is 13.1 Å².